The van der Waals surface area contributed by atoms with Crippen molar-refractivity contribution in [1.29, 1.82) is 5.26 Å². The van der Waals surface area contributed by atoms with E-state index in [0.717, 1.165) is 5.56 Å². The smallest absolute Gasteiger partial charge is 0.140 e. The second-order valence-electron chi connectivity index (χ2n) is 6.38. The van der Waals surface area contributed by atoms with E-state index in [4.69, 9.17) is 5.26 Å². The number of nitriles is 1. The number of piperidine rings is 2. The molecule has 2 aliphatic heterocycles. The van der Waals surface area contributed by atoms with Crippen LogP contribution in [0.2, 0.25) is 0 Å². The Morgan fingerprint density at radius 2 is 2.05 bits per heavy atom. The first kappa shape index (κ1) is 14.5. The van der Waals surface area contributed by atoms with Gasteiger partial charge in [0.1, 0.15) is 11.9 Å². The molecule has 2 saturated heterocycles. The summed E-state index contributed by atoms with van der Waals surface area (Å²) >= 11 is 0. The van der Waals surface area contributed by atoms with Gasteiger partial charge < -0.3 is 10.2 Å². The molecule has 0 aromatic heterocycles. The molecule has 2 heterocycles. The Kier molecular flexibility index (Phi) is 4.23. The lowest BCUT2D eigenvalue weighted by Gasteiger charge is -2.47. The minimum absolute atomic E-state index is 0.134. The summed E-state index contributed by atoms with van der Waals surface area (Å²) in [6.45, 7) is 0.711. The van der Waals surface area contributed by atoms with Gasteiger partial charge in [-0.05, 0) is 50.4 Å². The fourth-order valence-corrected chi connectivity index (χ4v) is 3.81. The maximum atomic E-state index is 13.3. The quantitative estimate of drug-likeness (QED) is 0.929. The predicted octanol–water partition coefficient (Wildman–Crippen LogP) is 2.80. The highest BCUT2D eigenvalue weighted by Crippen LogP contribution is 2.32. The Balaban J connectivity index is 1.60. The van der Waals surface area contributed by atoms with Gasteiger partial charge in [0.25, 0.3) is 0 Å². The van der Waals surface area contributed by atoms with E-state index in [1.54, 1.807) is 12.1 Å². The standard InChI is InChI=1S/C17H22FN3/c1-21-15-3-2-4-16(21)9-14(8-15)20-11-12-5-6-17(18)13(7-12)10-19/h5-7,14-16,20H,2-4,8-9,11H2,1H3. The van der Waals surface area contributed by atoms with Crippen molar-refractivity contribution < 1.29 is 4.39 Å². The third kappa shape index (κ3) is 3.09. The van der Waals surface area contributed by atoms with Crippen LogP contribution in [0.25, 0.3) is 0 Å². The predicted molar refractivity (Wildman–Crippen MR) is 80.2 cm³/mol. The van der Waals surface area contributed by atoms with Crippen LogP contribution in [0.15, 0.2) is 18.2 Å². The Labute approximate surface area is 125 Å². The third-order valence-electron chi connectivity index (χ3n) is 5.09. The number of nitrogens with one attached hydrogen (secondary N) is 1. The lowest BCUT2D eigenvalue weighted by Crippen LogP contribution is -2.54. The molecule has 1 N–H and O–H groups in total. The summed E-state index contributed by atoms with van der Waals surface area (Å²) in [5.41, 5.74) is 1.12. The van der Waals surface area contributed by atoms with Crippen LogP contribution in [0.3, 0.4) is 0 Å². The van der Waals surface area contributed by atoms with E-state index >= 15 is 0 Å². The van der Waals surface area contributed by atoms with E-state index in [0.29, 0.717) is 24.7 Å². The van der Waals surface area contributed by atoms with Crippen molar-refractivity contribution in [3.63, 3.8) is 0 Å². The largest absolute Gasteiger partial charge is 0.310 e. The second kappa shape index (κ2) is 6.13. The molecule has 1 aromatic rings. The van der Waals surface area contributed by atoms with Gasteiger partial charge in [0.2, 0.25) is 0 Å². The van der Waals surface area contributed by atoms with Crippen molar-refractivity contribution in [2.45, 2.75) is 56.8 Å². The van der Waals surface area contributed by atoms with Crippen LogP contribution in [-0.2, 0) is 6.54 Å². The summed E-state index contributed by atoms with van der Waals surface area (Å²) in [5.74, 6) is -0.435. The maximum absolute atomic E-state index is 13.3. The average Bonchev–Trinajstić information content (AvgIpc) is 2.47. The van der Waals surface area contributed by atoms with Crippen molar-refractivity contribution in [1.82, 2.24) is 10.2 Å². The number of rotatable bonds is 3. The van der Waals surface area contributed by atoms with Crippen molar-refractivity contribution in [2.75, 3.05) is 7.05 Å². The molecule has 4 heteroatoms. The summed E-state index contributed by atoms with van der Waals surface area (Å²) in [5, 5.41) is 12.5. The highest BCUT2D eigenvalue weighted by Gasteiger charge is 2.35. The summed E-state index contributed by atoms with van der Waals surface area (Å²) in [6, 6.07) is 8.65. The third-order valence-corrected chi connectivity index (χ3v) is 5.09. The lowest BCUT2D eigenvalue weighted by atomic mass is 9.82. The van der Waals surface area contributed by atoms with Gasteiger partial charge in [-0.25, -0.2) is 4.39 Å². The summed E-state index contributed by atoms with van der Waals surface area (Å²) < 4.78 is 13.3. The van der Waals surface area contributed by atoms with Gasteiger partial charge in [0.05, 0.1) is 5.56 Å². The molecule has 2 unspecified atom stereocenters. The zero-order valence-corrected chi connectivity index (χ0v) is 12.5. The second-order valence-corrected chi connectivity index (χ2v) is 6.38. The van der Waals surface area contributed by atoms with Gasteiger partial charge >= 0.3 is 0 Å². The molecule has 3 rings (SSSR count). The highest BCUT2D eigenvalue weighted by molar-refractivity contribution is 5.34. The van der Waals surface area contributed by atoms with Crippen molar-refractivity contribution in [3.8, 4) is 6.07 Å². The van der Waals surface area contributed by atoms with Crippen LogP contribution in [0.4, 0.5) is 4.39 Å². The Bertz CT molecular complexity index is 537. The van der Waals surface area contributed by atoms with E-state index in [1.807, 2.05) is 6.07 Å². The molecule has 1 aromatic carbocycles. The van der Waals surface area contributed by atoms with Crippen LogP contribution < -0.4 is 5.32 Å². The minimum atomic E-state index is -0.435. The van der Waals surface area contributed by atoms with Crippen LogP contribution in [0.1, 0.15) is 43.2 Å². The topological polar surface area (TPSA) is 39.1 Å². The van der Waals surface area contributed by atoms with Crippen LogP contribution in [-0.4, -0.2) is 30.1 Å². The average molecular weight is 287 g/mol. The molecule has 3 nitrogen and oxygen atoms in total. The normalized spacial score (nSPS) is 29.1. The fraction of sp³-hybridized carbons (Fsp3) is 0.588. The monoisotopic (exact) mass is 287 g/mol. The molecule has 0 spiro atoms. The Hall–Kier alpha value is -1.44. The van der Waals surface area contributed by atoms with Crippen molar-refractivity contribution >= 4 is 0 Å². The maximum Gasteiger partial charge on any atom is 0.140 e. The molecular weight excluding hydrogens is 265 g/mol. The first-order chi connectivity index (χ1) is 10.2. The van der Waals surface area contributed by atoms with Gasteiger partial charge in [-0.3, -0.25) is 0 Å². The molecule has 2 atom stereocenters. The van der Waals surface area contributed by atoms with E-state index < -0.39 is 5.82 Å². The molecule has 0 aliphatic carbocycles. The van der Waals surface area contributed by atoms with Crippen LogP contribution >= 0.6 is 0 Å². The fourth-order valence-electron chi connectivity index (χ4n) is 3.81. The number of fused-ring (bicyclic) bond motifs is 2. The summed E-state index contributed by atoms with van der Waals surface area (Å²) in [4.78, 5) is 2.55. The van der Waals surface area contributed by atoms with Crippen molar-refractivity contribution in [2.24, 2.45) is 0 Å². The minimum Gasteiger partial charge on any atom is -0.310 e. The molecule has 0 amide bonds. The number of hydrogen-bond donors (Lipinski definition) is 1. The van der Waals surface area contributed by atoms with E-state index in [9.17, 15) is 4.39 Å². The van der Waals surface area contributed by atoms with E-state index in [1.165, 1.54) is 38.2 Å². The van der Waals surface area contributed by atoms with E-state index in [2.05, 4.69) is 17.3 Å². The van der Waals surface area contributed by atoms with Gasteiger partial charge in [-0.15, -0.1) is 0 Å². The first-order valence-corrected chi connectivity index (χ1v) is 7.81. The van der Waals surface area contributed by atoms with Crippen molar-refractivity contribution in [3.05, 3.63) is 35.1 Å². The number of benzene rings is 1. The Morgan fingerprint density at radius 3 is 2.71 bits per heavy atom. The molecule has 2 fully saturated rings. The summed E-state index contributed by atoms with van der Waals surface area (Å²) in [6.07, 6.45) is 6.36. The lowest BCUT2D eigenvalue weighted by molar-refractivity contribution is 0.0482. The molecule has 21 heavy (non-hydrogen) atoms. The molecular formula is C17H22FN3. The SMILES string of the molecule is CN1C2CCCC1CC(NCc1ccc(F)c(C#N)c1)C2. The molecule has 0 radical (unpaired) electrons. The zero-order valence-electron chi connectivity index (χ0n) is 12.5. The van der Waals surface area contributed by atoms with Gasteiger partial charge in [-0.1, -0.05) is 12.5 Å². The number of hydrogen-bond acceptors (Lipinski definition) is 3. The first-order valence-electron chi connectivity index (χ1n) is 7.81. The van der Waals surface area contributed by atoms with Gasteiger partial charge in [0, 0.05) is 24.7 Å². The highest BCUT2D eigenvalue weighted by atomic mass is 19.1. The van der Waals surface area contributed by atoms with Gasteiger partial charge in [-0.2, -0.15) is 5.26 Å². The summed E-state index contributed by atoms with van der Waals surface area (Å²) in [7, 11) is 2.25. The molecule has 2 aliphatic rings. The Morgan fingerprint density at radius 1 is 1.33 bits per heavy atom. The van der Waals surface area contributed by atoms with Crippen LogP contribution in [0.5, 0.6) is 0 Å². The number of halogens is 1. The number of nitrogens with zero attached hydrogens (tertiary/aromatic N) is 2. The molecule has 2 bridgehead atoms. The zero-order chi connectivity index (χ0) is 14.8. The van der Waals surface area contributed by atoms with Crippen LogP contribution in [0, 0.1) is 17.1 Å². The molecule has 0 saturated carbocycles. The van der Waals surface area contributed by atoms with E-state index in [-0.39, 0.29) is 5.56 Å². The van der Waals surface area contributed by atoms with Gasteiger partial charge in [0.15, 0.2) is 0 Å². The molecule has 112 valence electrons.